The Bertz CT molecular complexity index is 1460. The van der Waals surface area contributed by atoms with E-state index in [1.165, 1.54) is 36.5 Å². The second-order valence-corrected chi connectivity index (χ2v) is 12.3. The minimum atomic E-state index is -3.35. The Labute approximate surface area is 224 Å². The van der Waals surface area contributed by atoms with E-state index in [4.69, 9.17) is 4.74 Å². The van der Waals surface area contributed by atoms with Crippen LogP contribution in [-0.4, -0.2) is 41.7 Å². The molecule has 1 aliphatic rings. The number of carboxylic acid groups (broad SMARTS) is 1. The van der Waals surface area contributed by atoms with Gasteiger partial charge in [0.05, 0.1) is 22.6 Å². The number of hydrogen-bond donors (Lipinski definition) is 3. The topological polar surface area (TPSA) is 143 Å². The molecule has 1 aromatic heterocycles. The number of anilines is 1. The van der Waals surface area contributed by atoms with E-state index in [2.05, 4.69) is 16.9 Å². The number of sulfone groups is 1. The second kappa shape index (κ2) is 11.4. The summed E-state index contributed by atoms with van der Waals surface area (Å²) in [7, 11) is -3.35. The molecule has 1 aliphatic carbocycles. The standard InChI is InChI=1S/C27H28N2O7S2/c1-16(30)21-12-9-19(14-23(21)26(32)33)36-24-15-28-27(37-24)29-25(31)22(13-17-5-3-4-6-17)18-7-10-20(11-8-18)38(2,34)35/h7-12,14-15,17,22,30H,1,3-6,13H2,2H3,(H,32,33)(H,28,29,31)/t22-/m1/s1. The van der Waals surface area contributed by atoms with Crippen LogP contribution < -0.4 is 10.1 Å². The zero-order chi connectivity index (χ0) is 27.4. The zero-order valence-electron chi connectivity index (χ0n) is 20.7. The number of hydrogen-bond acceptors (Lipinski definition) is 8. The van der Waals surface area contributed by atoms with Crippen molar-refractivity contribution in [3.63, 3.8) is 0 Å². The lowest BCUT2D eigenvalue weighted by molar-refractivity contribution is -0.118. The van der Waals surface area contributed by atoms with E-state index < -0.39 is 21.7 Å². The first kappa shape index (κ1) is 27.3. The minimum absolute atomic E-state index is 0.0833. The molecule has 0 aliphatic heterocycles. The van der Waals surface area contributed by atoms with Crippen molar-refractivity contribution in [3.8, 4) is 10.8 Å². The van der Waals surface area contributed by atoms with Crippen molar-refractivity contribution < 1.29 is 33.0 Å². The molecule has 1 amide bonds. The molecule has 3 aromatic rings. The average molecular weight is 557 g/mol. The summed E-state index contributed by atoms with van der Waals surface area (Å²) in [6, 6.07) is 10.6. The molecule has 2 aromatic carbocycles. The number of carbonyl (C=O) groups excluding carboxylic acids is 1. The van der Waals surface area contributed by atoms with Gasteiger partial charge in [0.25, 0.3) is 0 Å². The number of aromatic carboxylic acids is 1. The third-order valence-electron chi connectivity index (χ3n) is 6.54. The summed E-state index contributed by atoms with van der Waals surface area (Å²) in [5.74, 6) is -1.69. The number of nitrogens with one attached hydrogen (secondary N) is 1. The maximum Gasteiger partial charge on any atom is 0.336 e. The van der Waals surface area contributed by atoms with Gasteiger partial charge in [-0.25, -0.2) is 18.2 Å². The molecule has 4 rings (SSSR count). The smallest absolute Gasteiger partial charge is 0.336 e. The zero-order valence-corrected chi connectivity index (χ0v) is 22.3. The van der Waals surface area contributed by atoms with Gasteiger partial charge in [0.2, 0.25) is 11.0 Å². The van der Waals surface area contributed by atoms with E-state index in [0.29, 0.717) is 22.5 Å². The van der Waals surface area contributed by atoms with Gasteiger partial charge in [0.15, 0.2) is 15.0 Å². The molecule has 9 nitrogen and oxygen atoms in total. The number of nitrogens with zero attached hydrogens (tertiary/aromatic N) is 1. The average Bonchev–Trinajstić information content (AvgIpc) is 3.54. The van der Waals surface area contributed by atoms with Gasteiger partial charge in [0.1, 0.15) is 11.5 Å². The lowest BCUT2D eigenvalue weighted by atomic mass is 9.87. The van der Waals surface area contributed by atoms with Gasteiger partial charge in [-0.15, -0.1) is 0 Å². The lowest BCUT2D eigenvalue weighted by Crippen LogP contribution is -2.23. The summed E-state index contributed by atoms with van der Waals surface area (Å²) in [5.41, 5.74) is 0.659. The number of aromatic nitrogens is 1. The molecule has 0 radical (unpaired) electrons. The van der Waals surface area contributed by atoms with Crippen LogP contribution in [0.3, 0.4) is 0 Å². The molecule has 1 atom stereocenters. The Morgan fingerprint density at radius 3 is 2.42 bits per heavy atom. The Morgan fingerprint density at radius 1 is 1.13 bits per heavy atom. The van der Waals surface area contributed by atoms with Crippen LogP contribution in [0.5, 0.6) is 10.8 Å². The van der Waals surface area contributed by atoms with Crippen LogP contribution >= 0.6 is 11.3 Å². The molecular weight excluding hydrogens is 528 g/mol. The highest BCUT2D eigenvalue weighted by Gasteiger charge is 2.28. The van der Waals surface area contributed by atoms with Crippen LogP contribution in [0.2, 0.25) is 0 Å². The first-order valence-corrected chi connectivity index (χ1v) is 14.7. The van der Waals surface area contributed by atoms with Crippen LogP contribution in [0, 0.1) is 5.92 Å². The van der Waals surface area contributed by atoms with Crippen molar-refractivity contribution in [1.29, 1.82) is 0 Å². The summed E-state index contributed by atoms with van der Waals surface area (Å²) in [5, 5.41) is 22.5. The van der Waals surface area contributed by atoms with Crippen LogP contribution in [0.15, 0.2) is 60.1 Å². The SMILES string of the molecule is C=C(O)c1ccc(Oc2cnc(NC(=O)[C@H](CC3CCCC3)c3ccc(S(C)(=O)=O)cc3)s2)cc1C(=O)O. The van der Waals surface area contributed by atoms with Crippen LogP contribution in [0.1, 0.15) is 59.5 Å². The molecule has 0 unspecified atom stereocenters. The predicted molar refractivity (Wildman–Crippen MR) is 145 cm³/mol. The molecule has 1 heterocycles. The van der Waals surface area contributed by atoms with E-state index in [-0.39, 0.29) is 33.4 Å². The molecule has 0 bridgehead atoms. The summed E-state index contributed by atoms with van der Waals surface area (Å²) < 4.78 is 29.5. The number of thiazole rings is 1. The van der Waals surface area contributed by atoms with E-state index in [1.54, 1.807) is 12.1 Å². The number of aliphatic hydroxyl groups excluding tert-OH is 1. The second-order valence-electron chi connectivity index (χ2n) is 9.31. The van der Waals surface area contributed by atoms with E-state index in [1.807, 2.05) is 0 Å². The quantitative estimate of drug-likeness (QED) is 0.263. The highest BCUT2D eigenvalue weighted by atomic mass is 32.2. The first-order valence-electron chi connectivity index (χ1n) is 12.0. The predicted octanol–water partition coefficient (Wildman–Crippen LogP) is 5.87. The Hall–Kier alpha value is -3.70. The third kappa shape index (κ3) is 6.59. The van der Waals surface area contributed by atoms with Crippen molar-refractivity contribution in [3.05, 3.63) is 71.9 Å². The van der Waals surface area contributed by atoms with Crippen molar-refractivity contribution in [2.75, 3.05) is 11.6 Å². The summed E-state index contributed by atoms with van der Waals surface area (Å²) >= 11 is 1.08. The highest BCUT2D eigenvalue weighted by molar-refractivity contribution is 7.90. The largest absolute Gasteiger partial charge is 0.508 e. The van der Waals surface area contributed by atoms with Crippen LogP contribution in [0.4, 0.5) is 5.13 Å². The summed E-state index contributed by atoms with van der Waals surface area (Å²) in [6.07, 6.45) is 7.60. The number of ether oxygens (including phenoxy) is 1. The van der Waals surface area contributed by atoms with Gasteiger partial charge < -0.3 is 20.3 Å². The molecule has 200 valence electrons. The number of carboxylic acids is 1. The maximum atomic E-state index is 13.4. The van der Waals surface area contributed by atoms with Crippen molar-refractivity contribution in [1.82, 2.24) is 4.98 Å². The summed E-state index contributed by atoms with van der Waals surface area (Å²) in [6.45, 7) is 3.37. The van der Waals surface area contributed by atoms with E-state index >= 15 is 0 Å². The molecule has 0 spiro atoms. The molecular formula is C27H28N2O7S2. The number of rotatable bonds is 10. The number of benzene rings is 2. The van der Waals surface area contributed by atoms with Gasteiger partial charge in [0, 0.05) is 11.8 Å². The van der Waals surface area contributed by atoms with Crippen LogP contribution in [0.25, 0.3) is 5.76 Å². The lowest BCUT2D eigenvalue weighted by Gasteiger charge is -2.20. The fourth-order valence-electron chi connectivity index (χ4n) is 4.61. The van der Waals surface area contributed by atoms with Crippen molar-refractivity contribution in [2.45, 2.75) is 42.9 Å². The fraction of sp³-hybridized carbons (Fsp3) is 0.296. The molecule has 1 fully saturated rings. The van der Waals surface area contributed by atoms with E-state index in [0.717, 1.165) is 48.8 Å². The van der Waals surface area contributed by atoms with Crippen molar-refractivity contribution in [2.24, 2.45) is 5.92 Å². The molecule has 38 heavy (non-hydrogen) atoms. The minimum Gasteiger partial charge on any atom is -0.508 e. The molecule has 0 saturated heterocycles. The van der Waals surface area contributed by atoms with E-state index in [9.17, 15) is 28.2 Å². The molecule has 11 heteroatoms. The van der Waals surface area contributed by atoms with Gasteiger partial charge in [-0.3, -0.25) is 4.79 Å². The number of amides is 1. The first-order chi connectivity index (χ1) is 18.0. The maximum absolute atomic E-state index is 13.4. The Kier molecular flexibility index (Phi) is 8.17. The van der Waals surface area contributed by atoms with Gasteiger partial charge in [-0.05, 0) is 48.2 Å². The van der Waals surface area contributed by atoms with Crippen molar-refractivity contribution >= 4 is 43.9 Å². The van der Waals surface area contributed by atoms with Gasteiger partial charge >= 0.3 is 5.97 Å². The fourth-order valence-corrected chi connectivity index (χ4v) is 5.93. The highest BCUT2D eigenvalue weighted by Crippen LogP contribution is 2.37. The molecule has 3 N–H and O–H groups in total. The summed E-state index contributed by atoms with van der Waals surface area (Å²) in [4.78, 5) is 29.3. The Balaban J connectivity index is 1.50. The van der Waals surface area contributed by atoms with Gasteiger partial charge in [-0.1, -0.05) is 55.7 Å². The van der Waals surface area contributed by atoms with Crippen LogP contribution in [-0.2, 0) is 14.6 Å². The third-order valence-corrected chi connectivity index (χ3v) is 8.46. The van der Waals surface area contributed by atoms with Gasteiger partial charge in [-0.2, -0.15) is 0 Å². The Morgan fingerprint density at radius 2 is 1.82 bits per heavy atom. The molecule has 1 saturated carbocycles. The monoisotopic (exact) mass is 556 g/mol. The number of aliphatic hydroxyl groups is 1. The normalized spacial score (nSPS) is 14.7. The number of carbonyl (C=O) groups is 2.